The number of carbonyl (C=O) groups is 1. The van der Waals surface area contributed by atoms with Crippen LogP contribution in [0.3, 0.4) is 0 Å². The number of ether oxygens (including phenoxy) is 1. The Morgan fingerprint density at radius 2 is 1.96 bits per heavy atom. The Kier molecular flexibility index (Phi) is 5.17. The molecule has 0 aliphatic carbocycles. The number of pyridine rings is 1. The zero-order chi connectivity index (χ0) is 16.9. The Bertz CT molecular complexity index is 832. The maximum Gasteiger partial charge on any atom is 0.292 e. The van der Waals surface area contributed by atoms with E-state index in [0.29, 0.717) is 22.4 Å². The van der Waals surface area contributed by atoms with Crippen molar-refractivity contribution in [3.63, 3.8) is 0 Å². The van der Waals surface area contributed by atoms with Gasteiger partial charge in [-0.05, 0) is 64.5 Å². The lowest BCUT2D eigenvalue weighted by atomic mass is 10.3. The standard InChI is InChI=1S/C17H12BrClN2O3/c18-11-1-8-16(20-9-11)21-17(22)15-7-6-14(24-15)10-23-13-4-2-12(19)3-5-13/h1-9H,10H2,(H,20,21,22). The van der Waals surface area contributed by atoms with Crippen molar-refractivity contribution in [1.82, 2.24) is 4.98 Å². The molecule has 0 saturated heterocycles. The molecule has 0 spiro atoms. The second-order valence-electron chi connectivity index (χ2n) is 4.82. The summed E-state index contributed by atoms with van der Waals surface area (Å²) in [6.45, 7) is 0.214. The lowest BCUT2D eigenvalue weighted by Crippen LogP contribution is -2.11. The molecule has 0 saturated carbocycles. The van der Waals surface area contributed by atoms with Crippen LogP contribution in [-0.2, 0) is 6.61 Å². The maximum absolute atomic E-state index is 12.1. The van der Waals surface area contributed by atoms with Crippen LogP contribution < -0.4 is 10.1 Å². The zero-order valence-corrected chi connectivity index (χ0v) is 14.7. The van der Waals surface area contributed by atoms with Gasteiger partial charge in [0.25, 0.3) is 5.91 Å². The molecule has 1 aromatic carbocycles. The SMILES string of the molecule is O=C(Nc1ccc(Br)cn1)c1ccc(COc2ccc(Cl)cc2)o1. The van der Waals surface area contributed by atoms with E-state index >= 15 is 0 Å². The summed E-state index contributed by atoms with van der Waals surface area (Å²) >= 11 is 9.10. The highest BCUT2D eigenvalue weighted by Gasteiger charge is 2.12. The van der Waals surface area contributed by atoms with E-state index < -0.39 is 0 Å². The molecule has 24 heavy (non-hydrogen) atoms. The number of benzene rings is 1. The molecule has 0 aliphatic rings. The van der Waals surface area contributed by atoms with Gasteiger partial charge in [0.1, 0.15) is 23.9 Å². The van der Waals surface area contributed by atoms with Crippen LogP contribution in [0.15, 0.2) is 63.6 Å². The fraction of sp³-hybridized carbons (Fsp3) is 0.0588. The number of hydrogen-bond acceptors (Lipinski definition) is 4. The van der Waals surface area contributed by atoms with Crippen molar-refractivity contribution in [2.24, 2.45) is 0 Å². The van der Waals surface area contributed by atoms with Crippen LogP contribution in [0.5, 0.6) is 5.75 Å². The molecular formula is C17H12BrClN2O3. The summed E-state index contributed by atoms with van der Waals surface area (Å²) in [5.74, 6) is 1.47. The van der Waals surface area contributed by atoms with Gasteiger partial charge < -0.3 is 14.5 Å². The maximum atomic E-state index is 12.1. The Balaban J connectivity index is 1.59. The van der Waals surface area contributed by atoms with Crippen LogP contribution in [0.4, 0.5) is 5.82 Å². The van der Waals surface area contributed by atoms with Crippen molar-refractivity contribution in [3.05, 3.63) is 75.7 Å². The van der Waals surface area contributed by atoms with Crippen molar-refractivity contribution in [2.45, 2.75) is 6.61 Å². The molecule has 3 aromatic rings. The van der Waals surface area contributed by atoms with E-state index in [2.05, 4.69) is 26.2 Å². The highest BCUT2D eigenvalue weighted by atomic mass is 79.9. The summed E-state index contributed by atoms with van der Waals surface area (Å²) in [4.78, 5) is 16.2. The molecule has 2 heterocycles. The topological polar surface area (TPSA) is 64.4 Å². The predicted octanol–water partition coefficient (Wildman–Crippen LogP) is 4.92. The number of carbonyl (C=O) groups excluding carboxylic acids is 1. The fourth-order valence-corrected chi connectivity index (χ4v) is 2.25. The van der Waals surface area contributed by atoms with Crippen molar-refractivity contribution < 1.29 is 13.9 Å². The van der Waals surface area contributed by atoms with Crippen LogP contribution in [-0.4, -0.2) is 10.9 Å². The van der Waals surface area contributed by atoms with Gasteiger partial charge in [0.15, 0.2) is 5.76 Å². The van der Waals surface area contributed by atoms with Gasteiger partial charge in [-0.3, -0.25) is 4.79 Å². The third kappa shape index (κ3) is 4.37. The summed E-state index contributed by atoms with van der Waals surface area (Å²) in [7, 11) is 0. The number of furan rings is 1. The van der Waals surface area contributed by atoms with Gasteiger partial charge in [0.05, 0.1) is 0 Å². The zero-order valence-electron chi connectivity index (χ0n) is 12.3. The smallest absolute Gasteiger partial charge is 0.292 e. The number of anilines is 1. The van der Waals surface area contributed by atoms with Crippen LogP contribution in [0.25, 0.3) is 0 Å². The normalized spacial score (nSPS) is 10.4. The minimum absolute atomic E-state index is 0.189. The van der Waals surface area contributed by atoms with E-state index in [9.17, 15) is 4.79 Å². The summed E-state index contributed by atoms with van der Waals surface area (Å²) in [5.41, 5.74) is 0. The molecule has 0 unspecified atom stereocenters. The average Bonchev–Trinajstić information content (AvgIpc) is 3.06. The summed E-state index contributed by atoms with van der Waals surface area (Å²) in [5, 5.41) is 3.30. The number of aromatic nitrogens is 1. The summed E-state index contributed by atoms with van der Waals surface area (Å²) < 4.78 is 11.9. The molecule has 0 atom stereocenters. The van der Waals surface area contributed by atoms with Gasteiger partial charge >= 0.3 is 0 Å². The van der Waals surface area contributed by atoms with Crippen molar-refractivity contribution >= 4 is 39.3 Å². The van der Waals surface area contributed by atoms with Gasteiger partial charge in [-0.25, -0.2) is 4.98 Å². The van der Waals surface area contributed by atoms with Crippen LogP contribution >= 0.6 is 27.5 Å². The monoisotopic (exact) mass is 406 g/mol. The quantitative estimate of drug-likeness (QED) is 0.652. The summed E-state index contributed by atoms with van der Waals surface area (Å²) in [6, 6.07) is 13.8. The molecule has 5 nitrogen and oxygen atoms in total. The van der Waals surface area contributed by atoms with E-state index in [1.54, 1.807) is 54.7 Å². The van der Waals surface area contributed by atoms with Gasteiger partial charge in [-0.1, -0.05) is 11.6 Å². The summed E-state index contributed by atoms with van der Waals surface area (Å²) in [6.07, 6.45) is 1.60. The van der Waals surface area contributed by atoms with Gasteiger partial charge in [0.2, 0.25) is 0 Å². The van der Waals surface area contributed by atoms with E-state index in [-0.39, 0.29) is 18.3 Å². The van der Waals surface area contributed by atoms with E-state index in [0.717, 1.165) is 4.47 Å². The third-order valence-corrected chi connectivity index (χ3v) is 3.77. The number of amides is 1. The Hall–Kier alpha value is -2.31. The molecule has 2 aromatic heterocycles. The first-order chi connectivity index (χ1) is 11.6. The first kappa shape index (κ1) is 16.5. The minimum atomic E-state index is -0.373. The number of nitrogens with one attached hydrogen (secondary N) is 1. The lowest BCUT2D eigenvalue weighted by molar-refractivity contribution is 0.0992. The van der Waals surface area contributed by atoms with E-state index in [1.807, 2.05) is 0 Å². The molecule has 3 rings (SSSR count). The predicted molar refractivity (Wildman–Crippen MR) is 94.4 cm³/mol. The number of nitrogens with zero attached hydrogens (tertiary/aromatic N) is 1. The lowest BCUT2D eigenvalue weighted by Gasteiger charge is -2.04. The third-order valence-electron chi connectivity index (χ3n) is 3.05. The molecule has 0 bridgehead atoms. The fourth-order valence-electron chi connectivity index (χ4n) is 1.89. The highest BCUT2D eigenvalue weighted by molar-refractivity contribution is 9.10. The average molecular weight is 408 g/mol. The number of halogens is 2. The largest absolute Gasteiger partial charge is 0.486 e. The molecule has 1 amide bonds. The number of hydrogen-bond donors (Lipinski definition) is 1. The highest BCUT2D eigenvalue weighted by Crippen LogP contribution is 2.18. The Morgan fingerprint density at radius 1 is 1.17 bits per heavy atom. The van der Waals surface area contributed by atoms with Crippen molar-refractivity contribution in [1.29, 1.82) is 0 Å². The molecule has 0 fully saturated rings. The Labute approximate surface area is 151 Å². The molecule has 122 valence electrons. The van der Waals surface area contributed by atoms with Crippen LogP contribution in [0, 0.1) is 0 Å². The second-order valence-corrected chi connectivity index (χ2v) is 6.18. The molecular weight excluding hydrogens is 396 g/mol. The Morgan fingerprint density at radius 3 is 2.67 bits per heavy atom. The van der Waals surface area contributed by atoms with Crippen molar-refractivity contribution in [3.8, 4) is 5.75 Å². The minimum Gasteiger partial charge on any atom is -0.486 e. The van der Waals surface area contributed by atoms with E-state index in [1.165, 1.54) is 0 Å². The number of rotatable bonds is 5. The molecule has 0 aliphatic heterocycles. The first-order valence-corrected chi connectivity index (χ1v) is 8.17. The van der Waals surface area contributed by atoms with Crippen LogP contribution in [0.2, 0.25) is 5.02 Å². The first-order valence-electron chi connectivity index (χ1n) is 7.00. The molecule has 1 N–H and O–H groups in total. The van der Waals surface area contributed by atoms with Crippen molar-refractivity contribution in [2.75, 3.05) is 5.32 Å². The van der Waals surface area contributed by atoms with Gasteiger partial charge in [-0.2, -0.15) is 0 Å². The van der Waals surface area contributed by atoms with Gasteiger partial charge in [-0.15, -0.1) is 0 Å². The van der Waals surface area contributed by atoms with E-state index in [4.69, 9.17) is 20.8 Å². The molecule has 0 radical (unpaired) electrons. The molecule has 7 heteroatoms. The second kappa shape index (κ2) is 7.51. The van der Waals surface area contributed by atoms with Gasteiger partial charge in [0, 0.05) is 15.7 Å². The van der Waals surface area contributed by atoms with Crippen LogP contribution in [0.1, 0.15) is 16.3 Å².